The van der Waals surface area contributed by atoms with Crippen LogP contribution in [0.5, 0.6) is 11.5 Å². The summed E-state index contributed by atoms with van der Waals surface area (Å²) < 4.78 is 10.9. The summed E-state index contributed by atoms with van der Waals surface area (Å²) in [4.78, 5) is 2.50. The molecular weight excluding hydrogens is 264 g/mol. The average molecular weight is 292 g/mol. The van der Waals surface area contributed by atoms with Gasteiger partial charge in [0.2, 0.25) is 0 Å². The molecule has 0 bridgehead atoms. The minimum absolute atomic E-state index is 0.760. The summed E-state index contributed by atoms with van der Waals surface area (Å²) in [5.74, 6) is 2.43. The molecule has 1 heterocycles. The first-order chi connectivity index (χ1) is 10.3. The summed E-state index contributed by atoms with van der Waals surface area (Å²) >= 11 is 0. The summed E-state index contributed by atoms with van der Waals surface area (Å²) in [5.41, 5.74) is 1.20. The van der Waals surface area contributed by atoms with Crippen LogP contribution in [-0.4, -0.2) is 45.3 Å². The predicted molar refractivity (Wildman–Crippen MR) is 86.1 cm³/mol. The van der Waals surface area contributed by atoms with Gasteiger partial charge in [0.15, 0.2) is 11.5 Å². The van der Waals surface area contributed by atoms with Crippen molar-refractivity contribution in [2.24, 2.45) is 5.92 Å². The van der Waals surface area contributed by atoms with Crippen LogP contribution in [0.3, 0.4) is 0 Å². The van der Waals surface area contributed by atoms with Crippen molar-refractivity contribution >= 4 is 0 Å². The van der Waals surface area contributed by atoms with Gasteiger partial charge in [0, 0.05) is 18.7 Å². The topological polar surface area (TPSA) is 33.7 Å². The molecule has 1 aromatic rings. The van der Waals surface area contributed by atoms with Crippen LogP contribution in [0.4, 0.5) is 0 Å². The molecule has 118 valence electrons. The number of hydrogen-bond acceptors (Lipinski definition) is 4. The van der Waals surface area contributed by atoms with Crippen LogP contribution in [0.2, 0.25) is 0 Å². The van der Waals surface area contributed by atoms with Crippen molar-refractivity contribution in [2.45, 2.75) is 26.3 Å². The number of hydrogen-bond donors (Lipinski definition) is 1. The lowest BCUT2D eigenvalue weighted by Crippen LogP contribution is -2.38. The lowest BCUT2D eigenvalue weighted by Gasteiger charge is -2.29. The first-order valence-electron chi connectivity index (χ1n) is 7.91. The van der Waals surface area contributed by atoms with Gasteiger partial charge in [0.1, 0.15) is 0 Å². The van der Waals surface area contributed by atoms with Gasteiger partial charge in [-0.3, -0.25) is 4.90 Å². The van der Waals surface area contributed by atoms with Crippen LogP contribution in [-0.2, 0) is 6.54 Å². The SMILES string of the molecule is CCN(Cc1cccc(OC)c1OC)CC1CCCNC1. The van der Waals surface area contributed by atoms with Gasteiger partial charge in [-0.1, -0.05) is 19.1 Å². The summed E-state index contributed by atoms with van der Waals surface area (Å²) in [6.45, 7) is 7.65. The van der Waals surface area contributed by atoms with Gasteiger partial charge in [0.05, 0.1) is 14.2 Å². The van der Waals surface area contributed by atoms with E-state index in [1.807, 2.05) is 12.1 Å². The highest BCUT2D eigenvalue weighted by atomic mass is 16.5. The third-order valence-electron chi connectivity index (χ3n) is 4.24. The Kier molecular flexibility index (Phi) is 6.33. The highest BCUT2D eigenvalue weighted by Crippen LogP contribution is 2.31. The molecule has 4 heteroatoms. The second-order valence-corrected chi connectivity index (χ2v) is 5.69. The Hall–Kier alpha value is -1.26. The molecule has 0 aromatic heterocycles. The van der Waals surface area contributed by atoms with Crippen molar-refractivity contribution in [3.63, 3.8) is 0 Å². The molecule has 1 aromatic carbocycles. The number of nitrogens with zero attached hydrogens (tertiary/aromatic N) is 1. The van der Waals surface area contributed by atoms with E-state index in [-0.39, 0.29) is 0 Å². The molecular formula is C17H28N2O2. The molecule has 0 amide bonds. The minimum Gasteiger partial charge on any atom is -0.493 e. The van der Waals surface area contributed by atoms with Gasteiger partial charge in [-0.05, 0) is 44.5 Å². The van der Waals surface area contributed by atoms with Gasteiger partial charge in [-0.15, -0.1) is 0 Å². The van der Waals surface area contributed by atoms with Crippen LogP contribution < -0.4 is 14.8 Å². The summed E-state index contributed by atoms with van der Waals surface area (Å²) in [6.07, 6.45) is 2.63. The zero-order valence-corrected chi connectivity index (χ0v) is 13.5. The normalized spacial score (nSPS) is 18.8. The zero-order chi connectivity index (χ0) is 15.1. The molecule has 1 unspecified atom stereocenters. The first kappa shape index (κ1) is 16.1. The molecule has 1 saturated heterocycles. The molecule has 1 atom stereocenters. The second-order valence-electron chi connectivity index (χ2n) is 5.69. The molecule has 0 spiro atoms. The Morgan fingerprint density at radius 2 is 2.14 bits per heavy atom. The number of piperidine rings is 1. The first-order valence-corrected chi connectivity index (χ1v) is 7.91. The smallest absolute Gasteiger partial charge is 0.165 e. The monoisotopic (exact) mass is 292 g/mol. The van der Waals surface area contributed by atoms with Crippen LogP contribution in [0.15, 0.2) is 18.2 Å². The standard InChI is InChI=1S/C17H28N2O2/c1-4-19(12-14-7-6-10-18-11-14)13-15-8-5-9-16(20-2)17(15)21-3/h5,8-9,14,18H,4,6-7,10-13H2,1-3H3. The summed E-state index contributed by atoms with van der Waals surface area (Å²) in [5, 5.41) is 3.50. The van der Waals surface area contributed by atoms with Gasteiger partial charge in [0.25, 0.3) is 0 Å². The van der Waals surface area contributed by atoms with Crippen molar-refractivity contribution in [3.05, 3.63) is 23.8 Å². The lowest BCUT2D eigenvalue weighted by atomic mass is 9.99. The highest BCUT2D eigenvalue weighted by Gasteiger charge is 2.18. The second kappa shape index (κ2) is 8.25. The van der Waals surface area contributed by atoms with E-state index in [9.17, 15) is 0 Å². The van der Waals surface area contributed by atoms with Crippen molar-refractivity contribution in [1.82, 2.24) is 10.2 Å². The van der Waals surface area contributed by atoms with Gasteiger partial charge < -0.3 is 14.8 Å². The maximum atomic E-state index is 5.54. The molecule has 1 aliphatic heterocycles. The molecule has 0 saturated carbocycles. The van der Waals surface area contributed by atoms with Crippen LogP contribution in [0, 0.1) is 5.92 Å². The Morgan fingerprint density at radius 3 is 2.76 bits per heavy atom. The molecule has 1 fully saturated rings. The fraction of sp³-hybridized carbons (Fsp3) is 0.647. The molecule has 0 aliphatic carbocycles. The molecule has 2 rings (SSSR count). The fourth-order valence-corrected chi connectivity index (χ4v) is 3.07. The lowest BCUT2D eigenvalue weighted by molar-refractivity contribution is 0.207. The van der Waals surface area contributed by atoms with E-state index in [0.29, 0.717) is 0 Å². The molecule has 21 heavy (non-hydrogen) atoms. The molecule has 1 aliphatic rings. The van der Waals surface area contributed by atoms with Gasteiger partial charge in [-0.2, -0.15) is 0 Å². The van der Waals surface area contributed by atoms with E-state index < -0.39 is 0 Å². The summed E-state index contributed by atoms with van der Waals surface area (Å²) in [6, 6.07) is 6.11. The Balaban J connectivity index is 2.03. The number of methoxy groups -OCH3 is 2. The highest BCUT2D eigenvalue weighted by molar-refractivity contribution is 5.46. The van der Waals surface area contributed by atoms with Gasteiger partial charge >= 0.3 is 0 Å². The predicted octanol–water partition coefficient (Wildman–Crippen LogP) is 2.53. The van der Waals surface area contributed by atoms with Crippen molar-refractivity contribution in [1.29, 1.82) is 0 Å². The Labute approximate surface area is 128 Å². The fourth-order valence-electron chi connectivity index (χ4n) is 3.07. The molecule has 1 N–H and O–H groups in total. The number of benzene rings is 1. The van der Waals surface area contributed by atoms with E-state index in [0.717, 1.165) is 43.6 Å². The van der Waals surface area contributed by atoms with Crippen molar-refractivity contribution in [3.8, 4) is 11.5 Å². The Bertz CT molecular complexity index is 431. The van der Waals surface area contributed by atoms with E-state index in [2.05, 4.69) is 23.2 Å². The van der Waals surface area contributed by atoms with E-state index >= 15 is 0 Å². The van der Waals surface area contributed by atoms with Crippen LogP contribution >= 0.6 is 0 Å². The molecule has 0 radical (unpaired) electrons. The van der Waals surface area contributed by atoms with Crippen LogP contribution in [0.25, 0.3) is 0 Å². The zero-order valence-electron chi connectivity index (χ0n) is 13.5. The number of ether oxygens (including phenoxy) is 2. The Morgan fingerprint density at radius 1 is 1.29 bits per heavy atom. The number of nitrogens with one attached hydrogen (secondary N) is 1. The van der Waals surface area contributed by atoms with Crippen molar-refractivity contribution in [2.75, 3.05) is 40.4 Å². The van der Waals surface area contributed by atoms with Crippen molar-refractivity contribution < 1.29 is 9.47 Å². The summed E-state index contributed by atoms with van der Waals surface area (Å²) in [7, 11) is 3.40. The van der Waals surface area contributed by atoms with E-state index in [1.165, 1.54) is 24.9 Å². The minimum atomic E-state index is 0.760. The van der Waals surface area contributed by atoms with Crippen LogP contribution in [0.1, 0.15) is 25.3 Å². The number of para-hydroxylation sites is 1. The quantitative estimate of drug-likeness (QED) is 0.837. The largest absolute Gasteiger partial charge is 0.493 e. The van der Waals surface area contributed by atoms with E-state index in [1.54, 1.807) is 14.2 Å². The molecule has 4 nitrogen and oxygen atoms in total. The maximum Gasteiger partial charge on any atom is 0.165 e. The third kappa shape index (κ3) is 4.35. The van der Waals surface area contributed by atoms with E-state index in [4.69, 9.17) is 9.47 Å². The average Bonchev–Trinajstić information content (AvgIpc) is 2.54. The number of rotatable bonds is 7. The third-order valence-corrected chi connectivity index (χ3v) is 4.24. The van der Waals surface area contributed by atoms with Gasteiger partial charge in [-0.25, -0.2) is 0 Å². The maximum absolute atomic E-state index is 5.54.